The molecule has 0 fully saturated rings. The molecule has 0 aromatic carbocycles. The highest BCUT2D eigenvalue weighted by atomic mass is 31.2. The molecule has 0 aromatic rings. The van der Waals surface area contributed by atoms with Gasteiger partial charge in [-0.25, -0.2) is 4.57 Å². The van der Waals surface area contributed by atoms with Crippen molar-refractivity contribution in [2.75, 3.05) is 0 Å². The van der Waals surface area contributed by atoms with Gasteiger partial charge in [-0.1, -0.05) is 0 Å². The van der Waals surface area contributed by atoms with E-state index in [0.717, 1.165) is 0 Å². The van der Waals surface area contributed by atoms with Crippen LogP contribution in [-0.2, 0) is 9.09 Å². The second kappa shape index (κ2) is 1.90. The fourth-order valence-corrected chi connectivity index (χ4v) is 0.143. The Morgan fingerprint density at radius 2 is 2.14 bits per heavy atom. The van der Waals surface area contributed by atoms with Crippen LogP contribution in [0.4, 0.5) is 8.39 Å². The van der Waals surface area contributed by atoms with E-state index in [0.29, 0.717) is 6.26 Å². The van der Waals surface area contributed by atoms with Gasteiger partial charge in [-0.3, -0.25) is 0 Å². The molecule has 0 N–H and O–H groups in total. The predicted molar refractivity (Wildman–Crippen MR) is 16.5 cm³/mol. The normalized spacial score (nSPS) is 9.86. The molecular formula is CF2NO2P. The summed E-state index contributed by atoms with van der Waals surface area (Å²) in [7, 11) is -5.53. The summed E-state index contributed by atoms with van der Waals surface area (Å²) in [5.41, 5.74) is 0. The summed E-state index contributed by atoms with van der Waals surface area (Å²) in [5.74, 6) is 0. The molecule has 0 aliphatic rings. The number of rotatable bonds is 1. The number of nitriles is 1. The highest BCUT2D eigenvalue weighted by Crippen LogP contribution is 2.49. The Bertz CT molecular complexity index is 133. The van der Waals surface area contributed by atoms with Crippen LogP contribution in [0.2, 0.25) is 0 Å². The summed E-state index contributed by atoms with van der Waals surface area (Å²) in [6.07, 6.45) is 0.595. The van der Waals surface area contributed by atoms with Gasteiger partial charge in [0.25, 0.3) is 6.26 Å². The minimum atomic E-state index is -5.53. The molecule has 3 nitrogen and oxygen atoms in total. The quantitative estimate of drug-likeness (QED) is 0.396. The van der Waals surface area contributed by atoms with Crippen molar-refractivity contribution in [3.8, 4) is 6.26 Å². The van der Waals surface area contributed by atoms with Crippen LogP contribution < -0.4 is 0 Å². The Morgan fingerprint density at radius 3 is 2.14 bits per heavy atom. The third kappa shape index (κ3) is 5.38. The zero-order chi connectivity index (χ0) is 5.91. The Morgan fingerprint density at radius 1 is 1.71 bits per heavy atom. The minimum absolute atomic E-state index is 0.595. The van der Waals surface area contributed by atoms with Gasteiger partial charge in [0.2, 0.25) is 0 Å². The highest BCUT2D eigenvalue weighted by molar-refractivity contribution is 7.47. The van der Waals surface area contributed by atoms with Crippen LogP contribution in [0.15, 0.2) is 0 Å². The van der Waals surface area contributed by atoms with Gasteiger partial charge in [-0.15, -0.1) is 13.7 Å². The largest absolute Gasteiger partial charge is 0.620 e. The van der Waals surface area contributed by atoms with Gasteiger partial charge >= 0.3 is 7.99 Å². The van der Waals surface area contributed by atoms with Gasteiger partial charge in [-0.05, 0) is 0 Å². The summed E-state index contributed by atoms with van der Waals surface area (Å²) in [6, 6.07) is 0. The summed E-state index contributed by atoms with van der Waals surface area (Å²) in [4.78, 5) is 0. The third-order valence-corrected chi connectivity index (χ3v) is 0.441. The standard InChI is InChI=1S/CF2NO2P/c2-7(3,5)6-1-4. The first-order chi connectivity index (χ1) is 3.06. The minimum Gasteiger partial charge on any atom is -0.321 e. The van der Waals surface area contributed by atoms with Gasteiger partial charge in [0.1, 0.15) is 0 Å². The van der Waals surface area contributed by atoms with Crippen molar-refractivity contribution in [1.29, 1.82) is 5.26 Å². The molecule has 0 heterocycles. The lowest BCUT2D eigenvalue weighted by molar-refractivity contribution is 0.361. The fourth-order valence-electron chi connectivity index (χ4n) is 0.0475. The predicted octanol–water partition coefficient (Wildman–Crippen LogP) is 1.53. The van der Waals surface area contributed by atoms with Crippen molar-refractivity contribution in [2.45, 2.75) is 0 Å². The number of hydrogen-bond acceptors (Lipinski definition) is 3. The monoisotopic (exact) mass is 127 g/mol. The average molecular weight is 127 g/mol. The molecule has 0 saturated carbocycles. The first-order valence-electron chi connectivity index (χ1n) is 1.13. The molecule has 0 spiro atoms. The second-order valence-corrected chi connectivity index (χ2v) is 1.61. The van der Waals surface area contributed by atoms with Crippen LogP contribution in [-0.4, -0.2) is 0 Å². The maximum atomic E-state index is 10.8. The van der Waals surface area contributed by atoms with Crippen molar-refractivity contribution in [1.82, 2.24) is 0 Å². The molecular weight excluding hydrogens is 127 g/mol. The van der Waals surface area contributed by atoms with E-state index in [1.165, 1.54) is 0 Å². The lowest BCUT2D eigenvalue weighted by Crippen LogP contribution is -1.62. The SMILES string of the molecule is N#COP(=O)(F)F. The van der Waals surface area contributed by atoms with Crippen molar-refractivity contribution in [2.24, 2.45) is 0 Å². The molecule has 0 unspecified atom stereocenters. The van der Waals surface area contributed by atoms with Gasteiger partial charge in [0.15, 0.2) is 0 Å². The van der Waals surface area contributed by atoms with E-state index in [4.69, 9.17) is 9.83 Å². The molecule has 0 aromatic heterocycles. The molecule has 0 saturated heterocycles. The van der Waals surface area contributed by atoms with Crippen molar-refractivity contribution in [3.63, 3.8) is 0 Å². The highest BCUT2D eigenvalue weighted by Gasteiger charge is 2.20. The molecule has 0 bridgehead atoms. The Balaban J connectivity index is 3.65. The first-order valence-corrected chi connectivity index (χ1v) is 2.54. The number of nitrogens with zero attached hydrogens (tertiary/aromatic N) is 1. The van der Waals surface area contributed by atoms with Gasteiger partial charge in [0.05, 0.1) is 0 Å². The average Bonchev–Trinajstić information content (AvgIpc) is 1.30. The van der Waals surface area contributed by atoms with Gasteiger partial charge in [-0.2, -0.15) is 0 Å². The van der Waals surface area contributed by atoms with E-state index in [2.05, 4.69) is 4.52 Å². The summed E-state index contributed by atoms with van der Waals surface area (Å²) in [6.45, 7) is 0. The first kappa shape index (κ1) is 6.38. The van der Waals surface area contributed by atoms with Crippen LogP contribution in [0, 0.1) is 11.5 Å². The molecule has 40 valence electrons. The van der Waals surface area contributed by atoms with Gasteiger partial charge in [0, 0.05) is 0 Å². The van der Waals surface area contributed by atoms with E-state index >= 15 is 0 Å². The van der Waals surface area contributed by atoms with Crippen LogP contribution in [0.1, 0.15) is 0 Å². The number of halogens is 2. The molecule has 6 heteroatoms. The van der Waals surface area contributed by atoms with E-state index in [1.54, 1.807) is 0 Å². The zero-order valence-corrected chi connectivity index (χ0v) is 3.86. The van der Waals surface area contributed by atoms with Crippen molar-refractivity contribution >= 4 is 7.99 Å². The summed E-state index contributed by atoms with van der Waals surface area (Å²) < 4.78 is 33.5. The van der Waals surface area contributed by atoms with Crippen molar-refractivity contribution in [3.05, 3.63) is 0 Å². The van der Waals surface area contributed by atoms with E-state index in [9.17, 15) is 8.39 Å². The smallest absolute Gasteiger partial charge is 0.321 e. The molecule has 7 heavy (non-hydrogen) atoms. The van der Waals surface area contributed by atoms with Crippen molar-refractivity contribution < 1.29 is 17.5 Å². The molecule has 0 rings (SSSR count). The Kier molecular flexibility index (Phi) is 1.73. The molecule has 0 amide bonds. The lowest BCUT2D eigenvalue weighted by atomic mass is 11.6. The Labute approximate surface area is 38.2 Å². The van der Waals surface area contributed by atoms with Crippen LogP contribution in [0.5, 0.6) is 0 Å². The second-order valence-electron chi connectivity index (χ2n) is 0.597. The van der Waals surface area contributed by atoms with E-state index < -0.39 is 7.99 Å². The molecule has 0 aliphatic heterocycles. The maximum Gasteiger partial charge on any atom is 0.620 e. The van der Waals surface area contributed by atoms with Crippen LogP contribution >= 0.6 is 7.99 Å². The molecule has 0 aliphatic carbocycles. The zero-order valence-electron chi connectivity index (χ0n) is 2.97. The van der Waals surface area contributed by atoms with E-state index in [-0.39, 0.29) is 0 Å². The maximum absolute atomic E-state index is 10.8. The Hall–Kier alpha value is -0.620. The number of hydrogen-bond donors (Lipinski definition) is 0. The summed E-state index contributed by atoms with van der Waals surface area (Å²) >= 11 is 0. The summed E-state index contributed by atoms with van der Waals surface area (Å²) in [5, 5.41) is 7.28. The van der Waals surface area contributed by atoms with Crippen LogP contribution in [0.3, 0.4) is 0 Å². The molecule has 0 atom stereocenters. The topological polar surface area (TPSA) is 50.1 Å². The fraction of sp³-hybridized carbons (Fsp3) is 0. The lowest BCUT2D eigenvalue weighted by Gasteiger charge is -1.84. The molecule has 0 radical (unpaired) electrons. The third-order valence-electron chi connectivity index (χ3n) is 0.147. The van der Waals surface area contributed by atoms with E-state index in [1.807, 2.05) is 0 Å². The van der Waals surface area contributed by atoms with Crippen LogP contribution in [0.25, 0.3) is 0 Å². The van der Waals surface area contributed by atoms with Gasteiger partial charge < -0.3 is 4.52 Å².